The first-order valence-electron chi connectivity index (χ1n) is 6.61. The molecule has 0 unspecified atom stereocenters. The van der Waals surface area contributed by atoms with E-state index in [0.717, 1.165) is 0 Å². The first-order valence-corrected chi connectivity index (χ1v) is 7.78. The summed E-state index contributed by atoms with van der Waals surface area (Å²) in [5.41, 5.74) is 0.0161. The van der Waals surface area contributed by atoms with Gasteiger partial charge < -0.3 is 20.0 Å². The van der Waals surface area contributed by atoms with E-state index in [1.165, 1.54) is 12.1 Å². The molecule has 2 aromatic rings. The Hall–Kier alpha value is -2.05. The van der Waals surface area contributed by atoms with Crippen LogP contribution in [0.4, 0.5) is 5.69 Å². The molecule has 0 saturated heterocycles. The van der Waals surface area contributed by atoms with Crippen LogP contribution >= 0.6 is 27.5 Å². The lowest BCUT2D eigenvalue weighted by Gasteiger charge is -2.17. The van der Waals surface area contributed by atoms with Gasteiger partial charge in [-0.05, 0) is 43.3 Å². The molecule has 0 spiro atoms. The van der Waals surface area contributed by atoms with E-state index in [2.05, 4.69) is 21.2 Å². The molecule has 7 heteroatoms. The zero-order valence-electron chi connectivity index (χ0n) is 12.0. The molecule has 120 valence electrons. The predicted octanol–water partition coefficient (Wildman–Crippen LogP) is 2.87. The van der Waals surface area contributed by atoms with Gasteiger partial charge in [-0.15, -0.1) is 0 Å². The van der Waals surface area contributed by atoms with E-state index in [4.69, 9.17) is 16.3 Å². The molecule has 2 rings (SSSR count). The first-order chi connectivity index (χ1) is 10.9. The number of carbonyl (C=O) groups is 2. The summed E-state index contributed by atoms with van der Waals surface area (Å²) >= 11 is 9.02. The molecule has 0 heterocycles. The highest BCUT2D eigenvalue weighted by molar-refractivity contribution is 9.10. The fourth-order valence-corrected chi connectivity index (χ4v) is 2.37. The SMILES string of the molecule is C[C@@H](Oc1cccc(Cl)c1)C(=O)Nc1ccc(Br)cc1C(=O)[O-]. The summed E-state index contributed by atoms with van der Waals surface area (Å²) in [7, 11) is 0. The van der Waals surface area contributed by atoms with Gasteiger partial charge in [-0.25, -0.2) is 0 Å². The van der Waals surface area contributed by atoms with Crippen LogP contribution in [0.2, 0.25) is 5.02 Å². The van der Waals surface area contributed by atoms with Crippen molar-refractivity contribution in [2.75, 3.05) is 5.32 Å². The Kier molecular flexibility index (Phi) is 5.63. The van der Waals surface area contributed by atoms with Gasteiger partial charge in [0, 0.05) is 20.7 Å². The fraction of sp³-hybridized carbons (Fsp3) is 0.125. The van der Waals surface area contributed by atoms with Gasteiger partial charge in [0.2, 0.25) is 0 Å². The van der Waals surface area contributed by atoms with Crippen LogP contribution in [0.5, 0.6) is 5.75 Å². The zero-order chi connectivity index (χ0) is 17.0. The van der Waals surface area contributed by atoms with E-state index in [0.29, 0.717) is 15.2 Å². The van der Waals surface area contributed by atoms with Crippen molar-refractivity contribution in [3.63, 3.8) is 0 Å². The molecule has 1 amide bonds. The molecule has 0 fully saturated rings. The number of carboxylic acids is 1. The number of rotatable bonds is 5. The van der Waals surface area contributed by atoms with Crippen LogP contribution in [0.1, 0.15) is 17.3 Å². The average molecular weight is 398 g/mol. The maximum Gasteiger partial charge on any atom is 0.265 e. The molecule has 0 aliphatic heterocycles. The number of aromatic carboxylic acids is 1. The summed E-state index contributed by atoms with van der Waals surface area (Å²) in [4.78, 5) is 23.3. The second kappa shape index (κ2) is 7.48. The number of hydrogen-bond acceptors (Lipinski definition) is 4. The van der Waals surface area contributed by atoms with Gasteiger partial charge in [-0.3, -0.25) is 4.79 Å². The average Bonchev–Trinajstić information content (AvgIpc) is 2.48. The van der Waals surface area contributed by atoms with Crippen molar-refractivity contribution in [2.24, 2.45) is 0 Å². The maximum absolute atomic E-state index is 12.2. The quantitative estimate of drug-likeness (QED) is 0.841. The maximum atomic E-state index is 12.2. The molecule has 2 aromatic carbocycles. The number of halogens is 2. The van der Waals surface area contributed by atoms with Crippen LogP contribution in [0, 0.1) is 0 Å². The van der Waals surface area contributed by atoms with Crippen molar-refractivity contribution in [3.05, 3.63) is 57.5 Å². The van der Waals surface area contributed by atoms with Crippen LogP contribution in [0.3, 0.4) is 0 Å². The number of carbonyl (C=O) groups excluding carboxylic acids is 2. The summed E-state index contributed by atoms with van der Waals surface area (Å²) in [6.45, 7) is 1.55. The van der Waals surface area contributed by atoms with Gasteiger partial charge in [-0.1, -0.05) is 33.6 Å². The minimum atomic E-state index is -1.38. The molecule has 0 radical (unpaired) electrons. The molecule has 1 N–H and O–H groups in total. The van der Waals surface area contributed by atoms with Gasteiger partial charge in [0.25, 0.3) is 5.91 Å². The Morgan fingerprint density at radius 2 is 2.00 bits per heavy atom. The van der Waals surface area contributed by atoms with Crippen LogP contribution in [-0.4, -0.2) is 18.0 Å². The summed E-state index contributed by atoms with van der Waals surface area (Å²) in [6, 6.07) is 11.1. The topological polar surface area (TPSA) is 78.5 Å². The molecule has 0 saturated carbocycles. The van der Waals surface area contributed by atoms with E-state index in [-0.39, 0.29) is 11.3 Å². The smallest absolute Gasteiger partial charge is 0.265 e. The standard InChI is InChI=1S/C16H13BrClNO4/c1-9(23-12-4-2-3-11(18)8-12)15(20)19-14-6-5-10(17)7-13(14)16(21)22/h2-9H,1H3,(H,19,20)(H,21,22)/p-1/t9-/m1/s1. The highest BCUT2D eigenvalue weighted by atomic mass is 79.9. The lowest BCUT2D eigenvalue weighted by molar-refractivity contribution is -0.254. The Labute approximate surface area is 146 Å². The second-order valence-corrected chi connectivity index (χ2v) is 6.04. The largest absolute Gasteiger partial charge is 0.545 e. The van der Waals surface area contributed by atoms with Gasteiger partial charge in [-0.2, -0.15) is 0 Å². The molecule has 0 aliphatic carbocycles. The highest BCUT2D eigenvalue weighted by Gasteiger charge is 2.17. The highest BCUT2D eigenvalue weighted by Crippen LogP contribution is 2.22. The Balaban J connectivity index is 2.11. The van der Waals surface area contributed by atoms with Crippen LogP contribution < -0.4 is 15.2 Å². The van der Waals surface area contributed by atoms with E-state index in [1.54, 1.807) is 37.3 Å². The van der Waals surface area contributed by atoms with Crippen molar-refractivity contribution in [2.45, 2.75) is 13.0 Å². The first kappa shape index (κ1) is 17.3. The van der Waals surface area contributed by atoms with E-state index in [9.17, 15) is 14.7 Å². The van der Waals surface area contributed by atoms with Crippen LogP contribution in [-0.2, 0) is 4.79 Å². The minimum Gasteiger partial charge on any atom is -0.545 e. The number of carboxylic acid groups (broad SMARTS) is 1. The predicted molar refractivity (Wildman–Crippen MR) is 88.6 cm³/mol. The molecular formula is C16H12BrClNO4-. The van der Waals surface area contributed by atoms with E-state index < -0.39 is 18.0 Å². The van der Waals surface area contributed by atoms with Crippen LogP contribution in [0.15, 0.2) is 46.9 Å². The van der Waals surface area contributed by atoms with E-state index in [1.807, 2.05) is 0 Å². The summed E-state index contributed by atoms with van der Waals surface area (Å²) in [5, 5.41) is 14.1. The molecule has 1 atom stereocenters. The Morgan fingerprint density at radius 3 is 2.65 bits per heavy atom. The number of anilines is 1. The molecular weight excluding hydrogens is 386 g/mol. The van der Waals surface area contributed by atoms with Gasteiger partial charge in [0.15, 0.2) is 6.10 Å². The van der Waals surface area contributed by atoms with Crippen molar-refractivity contribution in [3.8, 4) is 5.75 Å². The van der Waals surface area contributed by atoms with Gasteiger partial charge in [0.1, 0.15) is 5.75 Å². The molecule has 5 nitrogen and oxygen atoms in total. The van der Waals surface area contributed by atoms with Gasteiger partial charge in [0.05, 0.1) is 5.97 Å². The van der Waals surface area contributed by atoms with Crippen molar-refractivity contribution in [1.82, 2.24) is 0 Å². The lowest BCUT2D eigenvalue weighted by Crippen LogP contribution is -2.32. The molecule has 0 aliphatic rings. The number of nitrogens with one attached hydrogen (secondary N) is 1. The van der Waals surface area contributed by atoms with Crippen molar-refractivity contribution < 1.29 is 19.4 Å². The second-order valence-electron chi connectivity index (χ2n) is 4.68. The third kappa shape index (κ3) is 4.71. The molecule has 23 heavy (non-hydrogen) atoms. The Bertz CT molecular complexity index is 751. The number of benzene rings is 2. The van der Waals surface area contributed by atoms with Crippen molar-refractivity contribution in [1.29, 1.82) is 0 Å². The summed E-state index contributed by atoms with van der Waals surface area (Å²) in [5.74, 6) is -1.43. The summed E-state index contributed by atoms with van der Waals surface area (Å²) < 4.78 is 6.05. The third-order valence-electron chi connectivity index (χ3n) is 2.94. The van der Waals surface area contributed by atoms with E-state index >= 15 is 0 Å². The van der Waals surface area contributed by atoms with Gasteiger partial charge >= 0.3 is 0 Å². The number of hydrogen-bond donors (Lipinski definition) is 1. The number of ether oxygens (including phenoxy) is 1. The zero-order valence-corrected chi connectivity index (χ0v) is 14.3. The molecule has 0 bridgehead atoms. The van der Waals surface area contributed by atoms with Crippen molar-refractivity contribution >= 4 is 45.1 Å². The third-order valence-corrected chi connectivity index (χ3v) is 3.67. The summed E-state index contributed by atoms with van der Waals surface area (Å²) in [6.07, 6.45) is -0.841. The van der Waals surface area contributed by atoms with Crippen LogP contribution in [0.25, 0.3) is 0 Å². The normalized spacial score (nSPS) is 11.6. The minimum absolute atomic E-state index is 0.123. The fourth-order valence-electron chi connectivity index (χ4n) is 1.83. The molecule has 0 aromatic heterocycles. The lowest BCUT2D eigenvalue weighted by atomic mass is 10.1. The Morgan fingerprint density at radius 1 is 1.26 bits per heavy atom. The monoisotopic (exact) mass is 396 g/mol. The number of amides is 1.